The fourth-order valence-corrected chi connectivity index (χ4v) is 2.17. The zero-order chi connectivity index (χ0) is 10.5. The van der Waals surface area contributed by atoms with Crippen molar-refractivity contribution in [3.8, 4) is 5.75 Å². The van der Waals surface area contributed by atoms with Crippen LogP contribution in [0.4, 0.5) is 0 Å². The first-order chi connectivity index (χ1) is 7.34. The first-order valence-electron chi connectivity index (χ1n) is 5.86. The summed E-state index contributed by atoms with van der Waals surface area (Å²) in [5.74, 6) is 0.356. The van der Waals surface area contributed by atoms with E-state index >= 15 is 0 Å². The first-order valence-corrected chi connectivity index (χ1v) is 5.86. The zero-order valence-corrected chi connectivity index (χ0v) is 9.08. The minimum atomic E-state index is 0.356. The molecular weight excluding hydrogens is 186 g/mol. The Morgan fingerprint density at radius 2 is 2.00 bits per heavy atom. The van der Waals surface area contributed by atoms with Crippen LogP contribution in [0.5, 0.6) is 5.75 Å². The van der Waals surface area contributed by atoms with Gasteiger partial charge in [0.05, 0.1) is 0 Å². The van der Waals surface area contributed by atoms with Crippen molar-refractivity contribution in [3.63, 3.8) is 0 Å². The highest BCUT2D eigenvalue weighted by Crippen LogP contribution is 2.15. The second-order valence-electron chi connectivity index (χ2n) is 4.35. The van der Waals surface area contributed by atoms with Gasteiger partial charge in [0.1, 0.15) is 5.75 Å². The molecule has 0 aromatic heterocycles. The van der Waals surface area contributed by atoms with Crippen molar-refractivity contribution in [1.29, 1.82) is 0 Å². The Kier molecular flexibility index (Phi) is 3.62. The van der Waals surface area contributed by atoms with Crippen LogP contribution in [0.3, 0.4) is 0 Å². The van der Waals surface area contributed by atoms with Crippen molar-refractivity contribution in [2.45, 2.75) is 38.1 Å². The van der Waals surface area contributed by atoms with E-state index in [1.54, 1.807) is 12.1 Å². The van der Waals surface area contributed by atoms with Crippen molar-refractivity contribution in [2.75, 3.05) is 6.54 Å². The molecule has 0 radical (unpaired) electrons. The van der Waals surface area contributed by atoms with Crippen molar-refractivity contribution in [2.24, 2.45) is 0 Å². The molecule has 0 spiro atoms. The van der Waals surface area contributed by atoms with Gasteiger partial charge >= 0.3 is 0 Å². The number of phenolic OH excluding ortho intramolecular Hbond substituents is 1. The average Bonchev–Trinajstić information content (AvgIpc) is 2.30. The summed E-state index contributed by atoms with van der Waals surface area (Å²) in [5, 5.41) is 12.7. The molecule has 1 aliphatic rings. The summed E-state index contributed by atoms with van der Waals surface area (Å²) in [5.41, 5.74) is 1.32. The van der Waals surface area contributed by atoms with E-state index in [1.807, 2.05) is 12.1 Å². The van der Waals surface area contributed by atoms with Gasteiger partial charge in [-0.3, -0.25) is 0 Å². The predicted octanol–water partition coefficient (Wildman–Crippen LogP) is 2.47. The molecule has 1 unspecified atom stereocenters. The van der Waals surface area contributed by atoms with Gasteiger partial charge < -0.3 is 10.4 Å². The van der Waals surface area contributed by atoms with Gasteiger partial charge in [-0.1, -0.05) is 18.6 Å². The van der Waals surface area contributed by atoms with Crippen LogP contribution < -0.4 is 5.32 Å². The van der Waals surface area contributed by atoms with E-state index in [2.05, 4.69) is 5.32 Å². The lowest BCUT2D eigenvalue weighted by Crippen LogP contribution is -2.34. The lowest BCUT2D eigenvalue weighted by atomic mass is 9.98. The molecule has 1 fully saturated rings. The van der Waals surface area contributed by atoms with E-state index in [4.69, 9.17) is 5.11 Å². The van der Waals surface area contributed by atoms with Gasteiger partial charge in [0.2, 0.25) is 0 Å². The Labute approximate surface area is 91.3 Å². The fourth-order valence-electron chi connectivity index (χ4n) is 2.17. The van der Waals surface area contributed by atoms with Crippen LogP contribution in [0.15, 0.2) is 24.3 Å². The lowest BCUT2D eigenvalue weighted by Gasteiger charge is -2.23. The molecule has 0 aliphatic carbocycles. The summed E-state index contributed by atoms with van der Waals surface area (Å²) in [4.78, 5) is 0. The Morgan fingerprint density at radius 3 is 2.67 bits per heavy atom. The molecule has 1 heterocycles. The summed E-state index contributed by atoms with van der Waals surface area (Å²) in [6.45, 7) is 1.18. The fraction of sp³-hybridized carbons (Fsp3) is 0.538. The van der Waals surface area contributed by atoms with Gasteiger partial charge in [-0.05, 0) is 49.9 Å². The summed E-state index contributed by atoms with van der Waals surface area (Å²) in [6, 6.07) is 8.26. The molecule has 0 saturated carbocycles. The minimum Gasteiger partial charge on any atom is -0.508 e. The number of aryl methyl sites for hydroxylation is 1. The largest absolute Gasteiger partial charge is 0.508 e. The SMILES string of the molecule is Oc1ccc(CCC2CCCCN2)cc1. The molecule has 15 heavy (non-hydrogen) atoms. The highest BCUT2D eigenvalue weighted by Gasteiger charge is 2.11. The third-order valence-corrected chi connectivity index (χ3v) is 3.13. The third kappa shape index (κ3) is 3.24. The second-order valence-corrected chi connectivity index (χ2v) is 4.35. The van der Waals surface area contributed by atoms with Crippen LogP contribution in [0.2, 0.25) is 0 Å². The Morgan fingerprint density at radius 1 is 1.20 bits per heavy atom. The predicted molar refractivity (Wildman–Crippen MR) is 62.1 cm³/mol. The maximum absolute atomic E-state index is 9.16. The Bertz CT molecular complexity index is 288. The van der Waals surface area contributed by atoms with E-state index in [0.717, 1.165) is 6.42 Å². The van der Waals surface area contributed by atoms with Gasteiger partial charge in [0.25, 0.3) is 0 Å². The number of hydrogen-bond acceptors (Lipinski definition) is 2. The number of benzene rings is 1. The first kappa shape index (κ1) is 10.5. The maximum atomic E-state index is 9.16. The summed E-state index contributed by atoms with van der Waals surface area (Å²) < 4.78 is 0. The maximum Gasteiger partial charge on any atom is 0.115 e. The quantitative estimate of drug-likeness (QED) is 0.794. The number of piperidine rings is 1. The normalized spacial score (nSPS) is 21.5. The van der Waals surface area contributed by atoms with E-state index in [1.165, 1.54) is 37.8 Å². The zero-order valence-electron chi connectivity index (χ0n) is 9.08. The molecule has 1 aromatic rings. The summed E-state index contributed by atoms with van der Waals surface area (Å²) in [6.07, 6.45) is 6.34. The van der Waals surface area contributed by atoms with Crippen LogP contribution >= 0.6 is 0 Å². The Balaban J connectivity index is 1.79. The van der Waals surface area contributed by atoms with Crippen molar-refractivity contribution in [1.82, 2.24) is 5.32 Å². The van der Waals surface area contributed by atoms with E-state index in [9.17, 15) is 0 Å². The second kappa shape index (κ2) is 5.17. The van der Waals surface area contributed by atoms with Crippen LogP contribution in [-0.2, 0) is 6.42 Å². The number of hydrogen-bond donors (Lipinski definition) is 2. The highest BCUT2D eigenvalue weighted by atomic mass is 16.3. The molecule has 2 nitrogen and oxygen atoms in total. The molecule has 1 saturated heterocycles. The molecule has 1 aliphatic heterocycles. The number of phenols is 1. The van der Waals surface area contributed by atoms with Gasteiger partial charge in [0.15, 0.2) is 0 Å². The number of aromatic hydroxyl groups is 1. The monoisotopic (exact) mass is 205 g/mol. The number of nitrogens with one attached hydrogen (secondary N) is 1. The average molecular weight is 205 g/mol. The molecule has 1 atom stereocenters. The van der Waals surface area contributed by atoms with E-state index in [0.29, 0.717) is 11.8 Å². The molecule has 2 rings (SSSR count). The van der Waals surface area contributed by atoms with Crippen molar-refractivity contribution >= 4 is 0 Å². The van der Waals surface area contributed by atoms with Crippen molar-refractivity contribution in [3.05, 3.63) is 29.8 Å². The molecule has 0 amide bonds. The van der Waals surface area contributed by atoms with E-state index in [-0.39, 0.29) is 0 Å². The summed E-state index contributed by atoms with van der Waals surface area (Å²) in [7, 11) is 0. The van der Waals surface area contributed by atoms with Crippen LogP contribution in [0.25, 0.3) is 0 Å². The van der Waals surface area contributed by atoms with E-state index < -0.39 is 0 Å². The topological polar surface area (TPSA) is 32.3 Å². The molecular formula is C13H19NO. The Hall–Kier alpha value is -1.02. The molecule has 82 valence electrons. The van der Waals surface area contributed by atoms with Gasteiger partial charge in [-0.25, -0.2) is 0 Å². The van der Waals surface area contributed by atoms with Crippen molar-refractivity contribution < 1.29 is 5.11 Å². The molecule has 0 bridgehead atoms. The molecule has 2 heteroatoms. The number of rotatable bonds is 3. The smallest absolute Gasteiger partial charge is 0.115 e. The van der Waals surface area contributed by atoms with Gasteiger partial charge in [0, 0.05) is 6.04 Å². The van der Waals surface area contributed by atoms with Gasteiger partial charge in [-0.15, -0.1) is 0 Å². The van der Waals surface area contributed by atoms with Crippen LogP contribution in [-0.4, -0.2) is 17.7 Å². The standard InChI is InChI=1S/C13H19NO/c15-13-8-5-11(6-9-13)4-7-12-3-1-2-10-14-12/h5-6,8-9,12,14-15H,1-4,7,10H2. The molecule has 2 N–H and O–H groups in total. The molecule has 1 aromatic carbocycles. The van der Waals surface area contributed by atoms with Gasteiger partial charge in [-0.2, -0.15) is 0 Å². The third-order valence-electron chi connectivity index (χ3n) is 3.13. The minimum absolute atomic E-state index is 0.356. The van der Waals surface area contributed by atoms with Crippen LogP contribution in [0.1, 0.15) is 31.2 Å². The summed E-state index contributed by atoms with van der Waals surface area (Å²) >= 11 is 0. The highest BCUT2D eigenvalue weighted by molar-refractivity contribution is 5.25. The lowest BCUT2D eigenvalue weighted by molar-refractivity contribution is 0.383. The van der Waals surface area contributed by atoms with Crippen LogP contribution in [0, 0.1) is 0 Å².